The maximum atomic E-state index is 12.3. The highest BCUT2D eigenvalue weighted by molar-refractivity contribution is 6.10. The van der Waals surface area contributed by atoms with Crippen LogP contribution in [0.3, 0.4) is 0 Å². The van der Waals surface area contributed by atoms with E-state index in [2.05, 4.69) is 35.3 Å². The molecule has 0 atom stereocenters. The Labute approximate surface area is 234 Å². The van der Waals surface area contributed by atoms with E-state index in [1.54, 1.807) is 19.2 Å². The van der Waals surface area contributed by atoms with Crippen LogP contribution in [-0.2, 0) is 11.2 Å². The van der Waals surface area contributed by atoms with Crippen molar-refractivity contribution in [3.8, 4) is 11.5 Å². The van der Waals surface area contributed by atoms with Crippen molar-refractivity contribution >= 4 is 23.1 Å². The highest BCUT2D eigenvalue weighted by Gasteiger charge is 2.23. The molecule has 214 valence electrons. The predicted octanol–water partition coefficient (Wildman–Crippen LogP) is 2.18. The van der Waals surface area contributed by atoms with Crippen LogP contribution in [0, 0.1) is 6.92 Å². The van der Waals surface area contributed by atoms with Gasteiger partial charge in [0.2, 0.25) is 5.89 Å². The van der Waals surface area contributed by atoms with E-state index in [-0.39, 0.29) is 11.6 Å². The Hall–Kier alpha value is -3.74. The highest BCUT2D eigenvalue weighted by atomic mass is 16.5. The lowest BCUT2D eigenvalue weighted by molar-refractivity contribution is 0.0981. The Morgan fingerprint density at radius 2 is 1.88 bits per heavy atom. The number of aryl methyl sites for hydroxylation is 1. The molecule has 1 aliphatic heterocycles. The number of nitrogens with one attached hydrogen (secondary N) is 1. The first-order valence-electron chi connectivity index (χ1n) is 13.7. The fourth-order valence-corrected chi connectivity index (χ4v) is 4.75. The van der Waals surface area contributed by atoms with E-state index in [1.165, 1.54) is 13.8 Å². The summed E-state index contributed by atoms with van der Waals surface area (Å²) < 4.78 is 11.5. The summed E-state index contributed by atoms with van der Waals surface area (Å²) in [6.45, 7) is 12.0. The molecule has 2 aromatic heterocycles. The number of ketones is 2. The van der Waals surface area contributed by atoms with Gasteiger partial charge in [-0.2, -0.15) is 0 Å². The molecule has 0 aliphatic carbocycles. The number of aromatic nitrogens is 4. The minimum absolute atomic E-state index is 0.0714. The molecule has 1 aromatic carbocycles. The summed E-state index contributed by atoms with van der Waals surface area (Å²) in [6, 6.07) is 5.53. The van der Waals surface area contributed by atoms with Crippen molar-refractivity contribution in [3.05, 3.63) is 47.2 Å². The molecule has 12 nitrogen and oxygen atoms in total. The molecule has 0 radical (unpaired) electrons. The van der Waals surface area contributed by atoms with E-state index >= 15 is 0 Å². The molecule has 0 unspecified atom stereocenters. The molecular formula is C28H38N8O4. The van der Waals surface area contributed by atoms with E-state index in [0.29, 0.717) is 66.3 Å². The topological polar surface area (TPSA) is 153 Å². The molecule has 0 amide bonds. The largest absolute Gasteiger partial charge is 0.420 e. The monoisotopic (exact) mass is 550 g/mol. The number of carbonyl (C=O) groups excluding carboxylic acids is 2. The minimum Gasteiger partial charge on any atom is -0.420 e. The molecule has 1 aliphatic rings. The number of carbonyl (C=O) groups is 2. The number of nitrogen functional groups attached to an aromatic ring is 1. The van der Waals surface area contributed by atoms with Crippen LogP contribution in [0.1, 0.15) is 52.7 Å². The molecule has 0 bridgehead atoms. The summed E-state index contributed by atoms with van der Waals surface area (Å²) in [6.07, 6.45) is 3.14. The number of hydrogen-bond acceptors (Lipinski definition) is 12. The average molecular weight is 551 g/mol. The summed E-state index contributed by atoms with van der Waals surface area (Å²) in [5.41, 5.74) is 8.36. The molecule has 1 fully saturated rings. The Morgan fingerprint density at radius 1 is 1.07 bits per heavy atom. The number of piperazine rings is 1. The first-order valence-corrected chi connectivity index (χ1v) is 13.7. The van der Waals surface area contributed by atoms with Crippen molar-refractivity contribution in [2.45, 2.75) is 33.6 Å². The Balaban J connectivity index is 1.07. The summed E-state index contributed by atoms with van der Waals surface area (Å²) in [7, 11) is 0. The van der Waals surface area contributed by atoms with Gasteiger partial charge in [-0.15, -0.1) is 10.2 Å². The Kier molecular flexibility index (Phi) is 10.3. The van der Waals surface area contributed by atoms with Gasteiger partial charge in [-0.3, -0.25) is 14.5 Å². The third kappa shape index (κ3) is 7.68. The van der Waals surface area contributed by atoms with Gasteiger partial charge in [0, 0.05) is 76.3 Å². The maximum absolute atomic E-state index is 12.3. The second-order valence-electron chi connectivity index (χ2n) is 9.82. The lowest BCUT2D eigenvalue weighted by atomic mass is 9.98. The normalized spacial score (nSPS) is 14.0. The van der Waals surface area contributed by atoms with Crippen molar-refractivity contribution in [1.82, 2.24) is 30.4 Å². The van der Waals surface area contributed by atoms with Gasteiger partial charge >= 0.3 is 0 Å². The van der Waals surface area contributed by atoms with Crippen LogP contribution >= 0.6 is 0 Å². The zero-order valence-electron chi connectivity index (χ0n) is 23.5. The third-order valence-corrected chi connectivity index (χ3v) is 6.82. The molecule has 3 heterocycles. The summed E-state index contributed by atoms with van der Waals surface area (Å²) in [5, 5.41) is 11.4. The van der Waals surface area contributed by atoms with Gasteiger partial charge in [-0.1, -0.05) is 12.1 Å². The fraction of sp³-hybridized carbons (Fsp3) is 0.500. The van der Waals surface area contributed by atoms with Crippen LogP contribution in [-0.4, -0.2) is 95.7 Å². The Bertz CT molecular complexity index is 1300. The highest BCUT2D eigenvalue weighted by Crippen LogP contribution is 2.26. The summed E-state index contributed by atoms with van der Waals surface area (Å²) in [5.74, 6) is 1.60. The second kappa shape index (κ2) is 14.1. The molecule has 3 N–H and O–H groups in total. The van der Waals surface area contributed by atoms with E-state index in [9.17, 15) is 9.59 Å². The number of ether oxygens (including phenoxy) is 1. The zero-order valence-corrected chi connectivity index (χ0v) is 23.5. The van der Waals surface area contributed by atoms with Crippen LogP contribution < -0.4 is 16.0 Å². The fourth-order valence-electron chi connectivity index (χ4n) is 4.75. The van der Waals surface area contributed by atoms with Crippen molar-refractivity contribution in [2.24, 2.45) is 0 Å². The van der Waals surface area contributed by atoms with E-state index in [1.807, 2.05) is 12.1 Å². The van der Waals surface area contributed by atoms with Gasteiger partial charge in [0.25, 0.3) is 5.89 Å². The van der Waals surface area contributed by atoms with Gasteiger partial charge in [0.15, 0.2) is 11.6 Å². The van der Waals surface area contributed by atoms with Gasteiger partial charge in [-0.25, -0.2) is 9.97 Å². The van der Waals surface area contributed by atoms with E-state index in [4.69, 9.17) is 14.9 Å². The van der Waals surface area contributed by atoms with Crippen LogP contribution in [0.25, 0.3) is 11.5 Å². The lowest BCUT2D eigenvalue weighted by Crippen LogP contribution is -2.47. The van der Waals surface area contributed by atoms with E-state index < -0.39 is 0 Å². The number of rotatable bonds is 14. The van der Waals surface area contributed by atoms with Crippen molar-refractivity contribution in [2.75, 3.05) is 69.7 Å². The number of nitrogens with two attached hydrogens (primary N) is 1. The van der Waals surface area contributed by atoms with Crippen molar-refractivity contribution in [3.63, 3.8) is 0 Å². The minimum atomic E-state index is -0.0814. The van der Waals surface area contributed by atoms with Crippen molar-refractivity contribution in [1.29, 1.82) is 0 Å². The van der Waals surface area contributed by atoms with Gasteiger partial charge in [-0.05, 0) is 33.3 Å². The molecule has 3 aromatic rings. The van der Waals surface area contributed by atoms with Crippen LogP contribution in [0.2, 0.25) is 0 Å². The molecule has 0 saturated carbocycles. The van der Waals surface area contributed by atoms with Gasteiger partial charge in [0.05, 0.1) is 17.7 Å². The van der Waals surface area contributed by atoms with Crippen molar-refractivity contribution < 1.29 is 18.7 Å². The SMILES string of the molecule is CC(=O)c1cccc(N2CCN(CCCOCCNCCc3nnc(-c4cnc(C)nc4N)o3)CC2)c1C(C)=O. The smallest absolute Gasteiger partial charge is 0.253 e. The lowest BCUT2D eigenvalue weighted by Gasteiger charge is -2.37. The molecule has 4 rings (SSSR count). The predicted molar refractivity (Wildman–Crippen MR) is 152 cm³/mol. The van der Waals surface area contributed by atoms with Crippen LogP contribution in [0.5, 0.6) is 0 Å². The third-order valence-electron chi connectivity index (χ3n) is 6.82. The number of anilines is 2. The molecule has 12 heteroatoms. The maximum Gasteiger partial charge on any atom is 0.253 e. The molecule has 1 saturated heterocycles. The quantitative estimate of drug-likeness (QED) is 0.223. The molecule has 40 heavy (non-hydrogen) atoms. The summed E-state index contributed by atoms with van der Waals surface area (Å²) >= 11 is 0. The second-order valence-corrected chi connectivity index (χ2v) is 9.82. The number of benzene rings is 1. The van der Waals surface area contributed by atoms with Crippen LogP contribution in [0.4, 0.5) is 11.5 Å². The average Bonchev–Trinajstić information content (AvgIpc) is 3.40. The summed E-state index contributed by atoms with van der Waals surface area (Å²) in [4.78, 5) is 37.2. The molecule has 0 spiro atoms. The number of nitrogens with zero attached hydrogens (tertiary/aromatic N) is 6. The molecular weight excluding hydrogens is 512 g/mol. The first kappa shape index (κ1) is 29.2. The first-order chi connectivity index (χ1) is 19.3. The van der Waals surface area contributed by atoms with Gasteiger partial charge < -0.3 is 25.1 Å². The zero-order chi connectivity index (χ0) is 28.5. The number of hydrogen-bond donors (Lipinski definition) is 2. The van der Waals surface area contributed by atoms with Gasteiger partial charge in [0.1, 0.15) is 11.6 Å². The Morgan fingerprint density at radius 3 is 2.60 bits per heavy atom. The number of Topliss-reactive ketones (excluding diaryl/α,β-unsaturated/α-hetero) is 2. The van der Waals surface area contributed by atoms with Crippen LogP contribution in [0.15, 0.2) is 28.8 Å². The van der Waals surface area contributed by atoms with E-state index in [0.717, 1.165) is 51.4 Å². The standard InChI is InChI=1S/C28H38N8O4/c1-19(37)22-6-4-7-24(26(22)20(2)38)36-14-12-35(13-15-36)11-5-16-39-17-10-30-9-8-25-33-34-28(40-25)23-18-31-21(3)32-27(23)29/h4,6-7,18,30H,5,8-17H2,1-3H3,(H2,29,31,32).